The molecule has 0 aromatic rings. The molecular weight excluding hydrogens is 799 g/mol. The van der Waals surface area contributed by atoms with E-state index in [1.54, 1.807) is 0 Å². The Morgan fingerprint density at radius 2 is 0.267 bits per heavy atom. The van der Waals surface area contributed by atoms with Crippen molar-refractivity contribution in [2.45, 2.75) is 0 Å². The summed E-state index contributed by atoms with van der Waals surface area (Å²) in [4.78, 5) is 0. The largest absolute Gasteiger partial charge is 4.00 e. The van der Waals surface area contributed by atoms with Crippen molar-refractivity contribution in [1.29, 1.82) is 0 Å². The number of hydrogen-bond acceptors (Lipinski definition) is 0. The van der Waals surface area contributed by atoms with Crippen LogP contribution in [0.1, 0.15) is 0 Å². The summed E-state index contributed by atoms with van der Waals surface area (Å²) in [6.07, 6.45) is 0. The predicted octanol–water partition coefficient (Wildman–Crippen LogP) is -1.84. The van der Waals surface area contributed by atoms with Gasteiger partial charge in [0.1, 0.15) is 0 Å². The second kappa shape index (κ2) is 193. The van der Waals surface area contributed by atoms with Crippen molar-refractivity contribution in [3.8, 4) is 0 Å². The first-order valence-electron chi connectivity index (χ1n) is 0. The van der Waals surface area contributed by atoms with E-state index in [9.17, 15) is 0 Å². The fraction of sp³-hybridized carbons (Fsp3) is 0. The van der Waals surface area contributed by atoms with E-state index in [0.717, 1.165) is 0 Å². The summed E-state index contributed by atoms with van der Waals surface area (Å²) >= 11 is 0. The topological polar surface area (TPSA) is 256 Å². The van der Waals surface area contributed by atoms with Gasteiger partial charge in [-0.2, -0.15) is 0 Å². The van der Waals surface area contributed by atoms with Crippen molar-refractivity contribution >= 4 is 97.8 Å². The van der Waals surface area contributed by atoms with Gasteiger partial charge in [0.15, 0.2) is 0 Å². The zero-order valence-corrected chi connectivity index (χ0v) is 25.0. The fourth-order valence-corrected chi connectivity index (χ4v) is 0. The molecule has 15 heteroatoms. The molecule has 15 heavy (non-hydrogen) atoms. The minimum absolute atomic E-state index is 0. The Balaban J connectivity index is 0. The smallest absolute Gasteiger partial charge is 2.00 e. The van der Waals surface area contributed by atoms with Crippen LogP contribution in [0.25, 0.3) is 0 Å². The molecule has 0 aliphatic carbocycles. The SMILES string of the molecule is [Ba+2].[Ba+2].[O-2].[O-2].[O-2].[O-2].[O-2].[O-2].[O-2].[O-2].[O-2].[Ru+4].[Ru+4].[Y+3].[Y+3]. The summed E-state index contributed by atoms with van der Waals surface area (Å²) in [5.41, 5.74) is 0. The molecule has 0 atom stereocenters. The zero-order valence-electron chi connectivity index (χ0n) is 6.95. The van der Waals surface area contributed by atoms with Gasteiger partial charge in [-0.1, -0.05) is 0 Å². The molecule has 0 radical (unpaired) electrons. The molecule has 0 bridgehead atoms. The molecule has 0 aromatic carbocycles. The molecule has 0 rings (SSSR count). The summed E-state index contributed by atoms with van der Waals surface area (Å²) in [5.74, 6) is 0. The molecule has 0 aromatic heterocycles. The first-order chi connectivity index (χ1) is 0. The Kier molecular flexibility index (Phi) is 2870. The Labute approximate surface area is 244 Å². The zero-order chi connectivity index (χ0) is 0. The third kappa shape index (κ3) is 173. The molecule has 0 heterocycles. The molecule has 0 spiro atoms. The van der Waals surface area contributed by atoms with E-state index in [1.807, 2.05) is 0 Å². The van der Waals surface area contributed by atoms with E-state index in [1.165, 1.54) is 0 Å². The van der Waals surface area contributed by atoms with Crippen LogP contribution in [0.3, 0.4) is 0 Å². The molecule has 9 nitrogen and oxygen atoms in total. The Hall–Kier alpha value is 6.24. The monoisotopic (exact) mass is 801 g/mol. The first kappa shape index (κ1) is 224. The van der Waals surface area contributed by atoms with E-state index < -0.39 is 0 Å². The average molecular weight is 799 g/mol. The van der Waals surface area contributed by atoms with Crippen molar-refractivity contribution in [2.24, 2.45) is 0 Å². The van der Waals surface area contributed by atoms with Crippen molar-refractivity contribution in [1.82, 2.24) is 0 Å². The predicted molar refractivity (Wildman–Crippen MR) is 17.7 cm³/mol. The van der Waals surface area contributed by atoms with Crippen LogP contribution < -0.4 is 0 Å². The van der Waals surface area contributed by atoms with Crippen molar-refractivity contribution in [3.63, 3.8) is 0 Å². The molecule has 0 amide bonds. The van der Waals surface area contributed by atoms with Crippen LogP contribution in [0, 0.1) is 0 Å². The maximum atomic E-state index is 0. The van der Waals surface area contributed by atoms with E-state index in [2.05, 4.69) is 0 Å². The minimum Gasteiger partial charge on any atom is -2.00 e. The normalized spacial score (nSPS) is 0. The first-order valence-corrected chi connectivity index (χ1v) is 0. The van der Waals surface area contributed by atoms with Gasteiger partial charge in [0, 0.05) is 0 Å². The van der Waals surface area contributed by atoms with Crippen molar-refractivity contribution < 1.29 is 154 Å². The Morgan fingerprint density at radius 1 is 0.267 bits per heavy atom. The summed E-state index contributed by atoms with van der Waals surface area (Å²) in [5, 5.41) is 0. The van der Waals surface area contributed by atoms with Crippen LogP contribution in [0.2, 0.25) is 0 Å². The standard InChI is InChI=1S/2Ba.9O.2Ru.2Y/q2*+2;9*-2;2*+4;2*+3. The van der Waals surface area contributed by atoms with E-state index in [0.29, 0.717) is 0 Å². The maximum Gasteiger partial charge on any atom is 4.00 e. The van der Waals surface area contributed by atoms with Crippen LogP contribution >= 0.6 is 0 Å². The summed E-state index contributed by atoms with van der Waals surface area (Å²) < 4.78 is 0. The van der Waals surface area contributed by atoms with Crippen LogP contribution in [0.5, 0.6) is 0 Å². The molecule has 80 valence electrons. The average Bonchev–Trinajstić information content (AvgIpc) is 0. The van der Waals surface area contributed by atoms with Gasteiger partial charge in [-0.05, 0) is 0 Å². The molecular formula is Ba2O9Ru2Y2. The third-order valence-electron chi connectivity index (χ3n) is 0. The van der Waals surface area contributed by atoms with E-state index in [-0.39, 0.29) is 251 Å². The van der Waals surface area contributed by atoms with Gasteiger partial charge in [-0.25, -0.2) is 0 Å². The van der Waals surface area contributed by atoms with Crippen LogP contribution in [0.4, 0.5) is 0 Å². The summed E-state index contributed by atoms with van der Waals surface area (Å²) in [7, 11) is 0. The fourth-order valence-electron chi connectivity index (χ4n) is 0. The van der Waals surface area contributed by atoms with Gasteiger partial charge < -0.3 is 49.3 Å². The summed E-state index contributed by atoms with van der Waals surface area (Å²) in [6, 6.07) is 0. The quantitative estimate of drug-likeness (QED) is 0.245. The molecule has 0 N–H and O–H groups in total. The molecule has 0 saturated heterocycles. The van der Waals surface area contributed by atoms with Crippen LogP contribution in [-0.2, 0) is 154 Å². The van der Waals surface area contributed by atoms with Gasteiger partial charge in [-0.3, -0.25) is 0 Å². The Bertz CT molecular complexity index is 24.1. The molecule has 0 unspecified atom stereocenters. The third-order valence-corrected chi connectivity index (χ3v) is 0. The van der Waals surface area contributed by atoms with Crippen LogP contribution in [0.15, 0.2) is 0 Å². The molecule has 0 saturated carbocycles. The van der Waals surface area contributed by atoms with Gasteiger partial charge in [0.05, 0.1) is 0 Å². The van der Waals surface area contributed by atoms with Gasteiger partial charge >= 0.3 is 202 Å². The van der Waals surface area contributed by atoms with Gasteiger partial charge in [0.2, 0.25) is 0 Å². The van der Waals surface area contributed by atoms with Crippen molar-refractivity contribution in [3.05, 3.63) is 0 Å². The second-order valence-electron chi connectivity index (χ2n) is 0. The summed E-state index contributed by atoms with van der Waals surface area (Å²) in [6.45, 7) is 0. The minimum atomic E-state index is 0. The van der Waals surface area contributed by atoms with E-state index in [4.69, 9.17) is 0 Å². The molecule has 0 aliphatic rings. The van der Waals surface area contributed by atoms with Gasteiger partial charge in [-0.15, -0.1) is 0 Å². The second-order valence-corrected chi connectivity index (χ2v) is 0. The Morgan fingerprint density at radius 3 is 0.267 bits per heavy atom. The van der Waals surface area contributed by atoms with Crippen LogP contribution in [-0.4, -0.2) is 97.8 Å². The van der Waals surface area contributed by atoms with E-state index >= 15 is 0 Å². The van der Waals surface area contributed by atoms with Crippen molar-refractivity contribution in [2.75, 3.05) is 0 Å². The number of rotatable bonds is 0. The molecule has 0 aliphatic heterocycles. The van der Waals surface area contributed by atoms with Gasteiger partial charge in [0.25, 0.3) is 0 Å². The number of hydrogen-bond donors (Lipinski definition) is 0. The molecule has 0 fully saturated rings. The maximum absolute atomic E-state index is 0.